The second kappa shape index (κ2) is 8.97. The van der Waals surface area contributed by atoms with E-state index in [1.54, 1.807) is 6.08 Å². The van der Waals surface area contributed by atoms with Gasteiger partial charge in [-0.3, -0.25) is 0 Å². The number of esters is 1. The molecule has 3 aromatic rings. The van der Waals surface area contributed by atoms with Crippen molar-refractivity contribution >= 4 is 29.3 Å². The first kappa shape index (κ1) is 19.9. The van der Waals surface area contributed by atoms with Gasteiger partial charge >= 0.3 is 5.97 Å². The van der Waals surface area contributed by atoms with Crippen LogP contribution >= 0.6 is 11.3 Å². The Hall–Kier alpha value is -3.38. The second-order valence-electron chi connectivity index (χ2n) is 6.82. The molecular formula is C24H21NO4S. The number of cyclic esters (lactones) is 1. The lowest BCUT2D eigenvalue weighted by Gasteiger charge is -2.12. The summed E-state index contributed by atoms with van der Waals surface area (Å²) >= 11 is 1.48. The lowest BCUT2D eigenvalue weighted by molar-refractivity contribution is -0.129. The zero-order valence-electron chi connectivity index (χ0n) is 16.8. The summed E-state index contributed by atoms with van der Waals surface area (Å²) in [5, 5.41) is 1.92. The predicted octanol–water partition coefficient (Wildman–Crippen LogP) is 5.17. The Morgan fingerprint density at radius 3 is 2.57 bits per heavy atom. The quantitative estimate of drug-likeness (QED) is 0.301. The van der Waals surface area contributed by atoms with Gasteiger partial charge in [-0.25, -0.2) is 9.79 Å². The second-order valence-corrected chi connectivity index (χ2v) is 7.76. The van der Waals surface area contributed by atoms with E-state index < -0.39 is 5.97 Å². The molecule has 2 aromatic carbocycles. The average molecular weight is 420 g/mol. The number of thiophene rings is 1. The molecule has 2 heterocycles. The Kier molecular flexibility index (Phi) is 5.95. The van der Waals surface area contributed by atoms with E-state index in [0.29, 0.717) is 24.9 Å². The van der Waals surface area contributed by atoms with Gasteiger partial charge in [-0.1, -0.05) is 35.9 Å². The van der Waals surface area contributed by atoms with E-state index in [1.807, 2.05) is 73.8 Å². The Morgan fingerprint density at radius 1 is 1.00 bits per heavy atom. The van der Waals surface area contributed by atoms with E-state index in [2.05, 4.69) is 4.99 Å². The fraction of sp³-hybridized carbons (Fsp3) is 0.167. The van der Waals surface area contributed by atoms with Crippen LogP contribution in [0.5, 0.6) is 11.5 Å². The number of aliphatic imine (C=N–C) groups is 1. The normalized spacial score (nSPS) is 14.5. The summed E-state index contributed by atoms with van der Waals surface area (Å²) in [7, 11) is 0. The molecule has 1 aliphatic rings. The molecule has 0 spiro atoms. The monoisotopic (exact) mass is 419 g/mol. The topological polar surface area (TPSA) is 57.1 Å². The molecule has 5 nitrogen and oxygen atoms in total. The lowest BCUT2D eigenvalue weighted by atomic mass is 10.1. The van der Waals surface area contributed by atoms with Crippen molar-refractivity contribution in [1.29, 1.82) is 0 Å². The van der Waals surface area contributed by atoms with Crippen LogP contribution in [0.25, 0.3) is 6.08 Å². The zero-order chi connectivity index (χ0) is 20.9. The lowest BCUT2D eigenvalue weighted by Crippen LogP contribution is -2.10. The first-order chi connectivity index (χ1) is 14.6. The Bertz CT molecular complexity index is 1120. The van der Waals surface area contributed by atoms with Crippen molar-refractivity contribution in [3.8, 4) is 11.5 Å². The predicted molar refractivity (Wildman–Crippen MR) is 118 cm³/mol. The Morgan fingerprint density at radius 2 is 1.80 bits per heavy atom. The minimum absolute atomic E-state index is 0.255. The van der Waals surface area contributed by atoms with Crippen molar-refractivity contribution in [2.45, 2.75) is 13.8 Å². The van der Waals surface area contributed by atoms with Gasteiger partial charge in [0.1, 0.15) is 24.7 Å². The number of rotatable bonds is 7. The Labute approximate surface area is 179 Å². The summed E-state index contributed by atoms with van der Waals surface area (Å²) < 4.78 is 17.0. The van der Waals surface area contributed by atoms with Crippen molar-refractivity contribution in [2.75, 3.05) is 13.2 Å². The first-order valence-corrected chi connectivity index (χ1v) is 10.5. The number of benzene rings is 2. The molecule has 0 saturated heterocycles. The largest absolute Gasteiger partial charge is 0.490 e. The van der Waals surface area contributed by atoms with E-state index in [4.69, 9.17) is 14.2 Å². The summed E-state index contributed by atoms with van der Waals surface area (Å²) in [5.74, 6) is 1.38. The van der Waals surface area contributed by atoms with Gasteiger partial charge in [0, 0.05) is 5.56 Å². The van der Waals surface area contributed by atoms with Crippen LogP contribution in [0.4, 0.5) is 0 Å². The maximum atomic E-state index is 12.3. The average Bonchev–Trinajstić information content (AvgIpc) is 3.38. The number of para-hydroxylation sites is 1. The van der Waals surface area contributed by atoms with E-state index in [1.165, 1.54) is 11.3 Å². The summed E-state index contributed by atoms with van der Waals surface area (Å²) in [6, 6.07) is 17.4. The highest BCUT2D eigenvalue weighted by Gasteiger charge is 2.25. The van der Waals surface area contributed by atoms with Crippen molar-refractivity contribution in [2.24, 2.45) is 4.99 Å². The highest BCUT2D eigenvalue weighted by atomic mass is 32.1. The molecule has 30 heavy (non-hydrogen) atoms. The molecule has 1 aliphatic heterocycles. The van der Waals surface area contributed by atoms with Gasteiger partial charge in [-0.2, -0.15) is 0 Å². The summed E-state index contributed by atoms with van der Waals surface area (Å²) in [4.78, 5) is 17.4. The number of nitrogens with zero attached hydrogens (tertiary/aromatic N) is 1. The number of hydrogen-bond donors (Lipinski definition) is 0. The molecule has 4 rings (SSSR count). The smallest absolute Gasteiger partial charge is 0.363 e. The molecule has 0 atom stereocenters. The molecule has 6 heteroatoms. The number of carbonyl (C=O) groups excluding carboxylic acids is 1. The van der Waals surface area contributed by atoms with Crippen LogP contribution in [0, 0.1) is 13.8 Å². The maximum Gasteiger partial charge on any atom is 0.363 e. The molecule has 0 fully saturated rings. The molecular weight excluding hydrogens is 398 g/mol. The van der Waals surface area contributed by atoms with Crippen molar-refractivity contribution in [3.05, 3.63) is 87.2 Å². The van der Waals surface area contributed by atoms with Crippen LogP contribution in [0.15, 0.2) is 70.7 Å². The minimum Gasteiger partial charge on any atom is -0.490 e. The van der Waals surface area contributed by atoms with Gasteiger partial charge < -0.3 is 14.2 Å². The third-order valence-corrected chi connectivity index (χ3v) is 5.36. The third-order valence-electron chi connectivity index (χ3n) is 4.50. The zero-order valence-corrected chi connectivity index (χ0v) is 17.6. The summed E-state index contributed by atoms with van der Waals surface area (Å²) in [6.07, 6.45) is 1.70. The van der Waals surface area contributed by atoms with Crippen LogP contribution in [0.2, 0.25) is 0 Å². The maximum absolute atomic E-state index is 12.3. The molecule has 0 aliphatic carbocycles. The van der Waals surface area contributed by atoms with E-state index in [0.717, 1.165) is 27.3 Å². The van der Waals surface area contributed by atoms with Crippen molar-refractivity contribution in [1.82, 2.24) is 0 Å². The van der Waals surface area contributed by atoms with Crippen LogP contribution in [-0.2, 0) is 9.53 Å². The number of aryl methyl sites for hydroxylation is 2. The standard InChI is InChI=1S/C24H21NO4S/c1-16-9-10-21(28-12-11-27-20-7-4-3-6-17(20)2)18(14-16)15-19-24(26)29-23(25-19)22-8-5-13-30-22/h3-10,13-15H,11-12H2,1-2H3/b19-15+. The van der Waals surface area contributed by atoms with Gasteiger partial charge in [0.05, 0.1) is 4.88 Å². The van der Waals surface area contributed by atoms with Crippen LogP contribution < -0.4 is 9.47 Å². The third kappa shape index (κ3) is 4.60. The van der Waals surface area contributed by atoms with E-state index in [-0.39, 0.29) is 5.70 Å². The van der Waals surface area contributed by atoms with Gasteiger partial charge in [0.2, 0.25) is 5.90 Å². The summed E-state index contributed by atoms with van der Waals surface area (Å²) in [5.41, 5.74) is 3.16. The highest BCUT2D eigenvalue weighted by molar-refractivity contribution is 7.12. The fourth-order valence-corrected chi connectivity index (χ4v) is 3.64. The number of carbonyl (C=O) groups is 1. The fourth-order valence-electron chi connectivity index (χ4n) is 3.00. The molecule has 0 saturated carbocycles. The summed E-state index contributed by atoms with van der Waals surface area (Å²) in [6.45, 7) is 4.78. The Balaban J connectivity index is 1.48. The van der Waals surface area contributed by atoms with Crippen molar-refractivity contribution < 1.29 is 19.0 Å². The molecule has 0 radical (unpaired) electrons. The van der Waals surface area contributed by atoms with Gasteiger partial charge in [0.15, 0.2) is 5.70 Å². The van der Waals surface area contributed by atoms with Crippen molar-refractivity contribution in [3.63, 3.8) is 0 Å². The SMILES string of the molecule is Cc1ccc(OCCOc2ccccc2C)c(/C=C2/N=C(c3cccs3)OC2=O)c1. The van der Waals surface area contributed by atoms with Gasteiger partial charge in [0.25, 0.3) is 0 Å². The van der Waals surface area contributed by atoms with Crippen LogP contribution in [-0.4, -0.2) is 25.1 Å². The molecule has 1 aromatic heterocycles. The molecule has 0 bridgehead atoms. The van der Waals surface area contributed by atoms with E-state index in [9.17, 15) is 4.79 Å². The molecule has 0 N–H and O–H groups in total. The molecule has 0 unspecified atom stereocenters. The van der Waals surface area contributed by atoms with Crippen LogP contribution in [0.3, 0.4) is 0 Å². The van der Waals surface area contributed by atoms with E-state index >= 15 is 0 Å². The number of hydrogen-bond acceptors (Lipinski definition) is 6. The minimum atomic E-state index is -0.464. The first-order valence-electron chi connectivity index (χ1n) is 9.58. The molecule has 0 amide bonds. The number of ether oxygens (including phenoxy) is 3. The highest BCUT2D eigenvalue weighted by Crippen LogP contribution is 2.27. The van der Waals surface area contributed by atoms with Crippen LogP contribution in [0.1, 0.15) is 21.6 Å². The van der Waals surface area contributed by atoms with Gasteiger partial charge in [-0.15, -0.1) is 11.3 Å². The van der Waals surface area contributed by atoms with Gasteiger partial charge in [-0.05, 0) is 55.1 Å². The molecule has 152 valence electrons.